The summed E-state index contributed by atoms with van der Waals surface area (Å²) in [5.41, 5.74) is -0.656. The number of piperidine rings is 3. The number of ether oxygens (including phenoxy) is 1. The van der Waals surface area contributed by atoms with Gasteiger partial charge >= 0.3 is 0 Å². The third-order valence-corrected chi connectivity index (χ3v) is 3.49. The number of nitrogens with zero attached hydrogens (tertiary/aromatic N) is 1. The minimum Gasteiger partial charge on any atom is -0.484 e. The summed E-state index contributed by atoms with van der Waals surface area (Å²) in [5, 5.41) is 10.9. The molecule has 80 valence electrons. The Morgan fingerprint density at radius 2 is 2.21 bits per heavy atom. The molecule has 0 saturated carbocycles. The Kier molecular flexibility index (Phi) is 2.77. The predicted octanol–water partition coefficient (Wildman–Crippen LogP) is 0.807. The average molecular weight is 215 g/mol. The van der Waals surface area contributed by atoms with Gasteiger partial charge in [0.1, 0.15) is 12.2 Å². The van der Waals surface area contributed by atoms with Crippen LogP contribution in [0.15, 0.2) is 0 Å². The maximum atomic E-state index is 10.4. The summed E-state index contributed by atoms with van der Waals surface area (Å²) in [7, 11) is 0. The average Bonchev–Trinajstić information content (AvgIpc) is 2.16. The van der Waals surface area contributed by atoms with Gasteiger partial charge in [0, 0.05) is 13.5 Å². The highest BCUT2D eigenvalue weighted by Crippen LogP contribution is 2.35. The van der Waals surface area contributed by atoms with E-state index in [2.05, 4.69) is 4.90 Å². The number of rotatable bonds is 2. The minimum absolute atomic E-state index is 0.365. The Bertz CT molecular complexity index is 238. The molecule has 0 spiro atoms. The summed E-state index contributed by atoms with van der Waals surface area (Å²) in [6.45, 7) is 5.12. The van der Waals surface area contributed by atoms with Crippen molar-refractivity contribution in [2.45, 2.75) is 25.4 Å². The van der Waals surface area contributed by atoms with Crippen LogP contribution in [0.1, 0.15) is 19.8 Å². The van der Waals surface area contributed by atoms with Gasteiger partial charge in [0.05, 0.1) is 0 Å². The van der Waals surface area contributed by atoms with Crippen molar-refractivity contribution in [1.29, 1.82) is 0 Å². The summed E-state index contributed by atoms with van der Waals surface area (Å²) in [6.07, 6.45) is 2.19. The predicted molar refractivity (Wildman–Crippen MR) is 58.3 cm³/mol. The molecule has 14 heavy (non-hydrogen) atoms. The molecule has 0 amide bonds. The summed E-state index contributed by atoms with van der Waals surface area (Å²) < 4.78 is 5.29. The number of hydrogen-bond acceptors (Lipinski definition) is 4. The van der Waals surface area contributed by atoms with Gasteiger partial charge in [-0.1, -0.05) is 0 Å². The second-order valence-corrected chi connectivity index (χ2v) is 5.01. The Labute approximate surface area is 90.0 Å². The molecule has 0 radical (unpaired) electrons. The van der Waals surface area contributed by atoms with Gasteiger partial charge in [0.2, 0.25) is 0 Å². The zero-order valence-electron chi connectivity index (χ0n) is 8.53. The molecule has 2 bridgehead atoms. The lowest BCUT2D eigenvalue weighted by molar-refractivity contribution is -0.133. The van der Waals surface area contributed by atoms with Gasteiger partial charge in [-0.05, 0) is 44.1 Å². The molecular formula is C10H17NO2S. The van der Waals surface area contributed by atoms with Gasteiger partial charge in [-0.25, -0.2) is 0 Å². The fraction of sp³-hybridized carbons (Fsp3) is 0.900. The van der Waals surface area contributed by atoms with Crippen LogP contribution in [-0.2, 0) is 4.74 Å². The van der Waals surface area contributed by atoms with Crippen LogP contribution >= 0.6 is 12.2 Å². The molecule has 3 saturated heterocycles. The first-order chi connectivity index (χ1) is 6.60. The first kappa shape index (κ1) is 10.3. The van der Waals surface area contributed by atoms with E-state index >= 15 is 0 Å². The number of thiocarbonyl (C=S) groups is 1. The van der Waals surface area contributed by atoms with Gasteiger partial charge in [-0.3, -0.25) is 0 Å². The molecule has 1 N–H and O–H groups in total. The zero-order chi connectivity index (χ0) is 10.2. The smallest absolute Gasteiger partial charge is 0.156 e. The van der Waals surface area contributed by atoms with Crippen LogP contribution in [0, 0.1) is 5.92 Å². The maximum Gasteiger partial charge on any atom is 0.156 e. The van der Waals surface area contributed by atoms with Gasteiger partial charge in [0.15, 0.2) is 5.05 Å². The van der Waals surface area contributed by atoms with E-state index in [0.717, 1.165) is 32.5 Å². The van der Waals surface area contributed by atoms with E-state index in [1.54, 1.807) is 6.92 Å². The fourth-order valence-electron chi connectivity index (χ4n) is 2.53. The Morgan fingerprint density at radius 1 is 1.57 bits per heavy atom. The lowest BCUT2D eigenvalue weighted by atomic mass is 9.76. The Morgan fingerprint density at radius 3 is 2.64 bits per heavy atom. The Balaban J connectivity index is 1.97. The molecule has 0 aromatic carbocycles. The largest absolute Gasteiger partial charge is 0.484 e. The van der Waals surface area contributed by atoms with Gasteiger partial charge in [-0.15, -0.1) is 0 Å². The first-order valence-electron chi connectivity index (χ1n) is 5.18. The van der Waals surface area contributed by atoms with Gasteiger partial charge in [-0.2, -0.15) is 0 Å². The molecule has 3 aliphatic heterocycles. The topological polar surface area (TPSA) is 32.7 Å². The van der Waals surface area contributed by atoms with Crippen LogP contribution in [0.4, 0.5) is 0 Å². The summed E-state index contributed by atoms with van der Waals surface area (Å²) >= 11 is 4.85. The third kappa shape index (κ3) is 1.92. The van der Waals surface area contributed by atoms with E-state index in [1.165, 1.54) is 0 Å². The standard InChI is InChI=1S/C10H17NO2S/c1-8(14)13-7-10(12)6-11-4-2-9(10)3-5-11/h9,12H,2-7H2,1H3. The normalized spacial score (nSPS) is 41.0. The van der Waals surface area contributed by atoms with E-state index in [-0.39, 0.29) is 0 Å². The van der Waals surface area contributed by atoms with Crippen LogP contribution in [0.25, 0.3) is 0 Å². The lowest BCUT2D eigenvalue weighted by Crippen LogP contribution is -2.61. The van der Waals surface area contributed by atoms with Crippen molar-refractivity contribution in [3.8, 4) is 0 Å². The van der Waals surface area contributed by atoms with Crippen molar-refractivity contribution in [3.63, 3.8) is 0 Å². The third-order valence-electron chi connectivity index (χ3n) is 3.37. The monoisotopic (exact) mass is 215 g/mol. The molecule has 3 nitrogen and oxygen atoms in total. The van der Waals surface area contributed by atoms with Crippen molar-refractivity contribution < 1.29 is 9.84 Å². The zero-order valence-corrected chi connectivity index (χ0v) is 9.35. The van der Waals surface area contributed by atoms with Crippen LogP contribution < -0.4 is 0 Å². The minimum atomic E-state index is -0.656. The van der Waals surface area contributed by atoms with E-state index < -0.39 is 5.60 Å². The van der Waals surface area contributed by atoms with Crippen molar-refractivity contribution in [2.75, 3.05) is 26.2 Å². The number of aliphatic hydroxyl groups is 1. The molecule has 0 aromatic rings. The molecule has 3 fully saturated rings. The molecule has 0 aromatic heterocycles. The maximum absolute atomic E-state index is 10.4. The van der Waals surface area contributed by atoms with Crippen LogP contribution in [0.5, 0.6) is 0 Å². The van der Waals surface area contributed by atoms with Crippen molar-refractivity contribution in [1.82, 2.24) is 4.90 Å². The number of fused-ring (bicyclic) bond motifs is 3. The molecular weight excluding hydrogens is 198 g/mol. The molecule has 0 aliphatic carbocycles. The van der Waals surface area contributed by atoms with Crippen LogP contribution in [-0.4, -0.2) is 46.9 Å². The SMILES string of the molecule is CC(=S)OCC1(O)CN2CCC1CC2. The molecule has 3 rings (SSSR count). The highest BCUT2D eigenvalue weighted by molar-refractivity contribution is 7.80. The summed E-state index contributed by atoms with van der Waals surface area (Å²) in [4.78, 5) is 2.31. The molecule has 3 heterocycles. The second kappa shape index (κ2) is 3.76. The lowest BCUT2D eigenvalue weighted by Gasteiger charge is -2.49. The Hall–Kier alpha value is -0.190. The van der Waals surface area contributed by atoms with Crippen LogP contribution in [0.2, 0.25) is 0 Å². The van der Waals surface area contributed by atoms with Crippen molar-refractivity contribution in [3.05, 3.63) is 0 Å². The van der Waals surface area contributed by atoms with E-state index in [1.807, 2.05) is 0 Å². The quantitative estimate of drug-likeness (QED) is 0.691. The highest BCUT2D eigenvalue weighted by Gasteiger charge is 2.45. The van der Waals surface area contributed by atoms with Gasteiger partial charge < -0.3 is 14.7 Å². The summed E-state index contributed by atoms with van der Waals surface area (Å²) in [6, 6.07) is 0. The van der Waals surface area contributed by atoms with Crippen LogP contribution in [0.3, 0.4) is 0 Å². The van der Waals surface area contributed by atoms with Gasteiger partial charge in [0.25, 0.3) is 0 Å². The first-order valence-corrected chi connectivity index (χ1v) is 5.59. The summed E-state index contributed by atoms with van der Waals surface area (Å²) in [5.74, 6) is 0.404. The van der Waals surface area contributed by atoms with E-state index in [0.29, 0.717) is 17.6 Å². The molecule has 3 aliphatic rings. The highest BCUT2D eigenvalue weighted by atomic mass is 32.1. The number of hydrogen-bond donors (Lipinski definition) is 1. The van der Waals surface area contributed by atoms with Crippen molar-refractivity contribution in [2.24, 2.45) is 5.92 Å². The molecule has 1 atom stereocenters. The fourth-order valence-corrected chi connectivity index (χ4v) is 2.59. The van der Waals surface area contributed by atoms with E-state index in [4.69, 9.17) is 17.0 Å². The molecule has 1 unspecified atom stereocenters. The van der Waals surface area contributed by atoms with E-state index in [9.17, 15) is 5.11 Å². The molecule has 4 heteroatoms. The van der Waals surface area contributed by atoms with Crippen molar-refractivity contribution >= 4 is 17.3 Å². The second-order valence-electron chi connectivity index (χ2n) is 4.43.